The van der Waals surface area contributed by atoms with Crippen molar-refractivity contribution in [2.24, 2.45) is 34.3 Å². The van der Waals surface area contributed by atoms with Gasteiger partial charge in [0.05, 0.1) is 5.69 Å². The standard InChI is InChI=1S/C23H32N4O2S/c1-22-10-8-15-13(4-7-18-23(15,2)11-9-19(28)27(18)3)14(22)5-6-16(22)17-12-30-21(25-17)26-20(24)29/h9,11-16,18H,4-8,10H2,1-3H3,(H3,24,25,26,29)/t13-,14-,15-,16?,18?,22-,23+/m0/s1. The molecule has 162 valence electrons. The van der Waals surface area contributed by atoms with Gasteiger partial charge in [0, 0.05) is 29.8 Å². The van der Waals surface area contributed by atoms with E-state index in [-0.39, 0.29) is 16.7 Å². The first kappa shape index (κ1) is 20.0. The van der Waals surface area contributed by atoms with Gasteiger partial charge in [-0.05, 0) is 67.8 Å². The first-order valence-corrected chi connectivity index (χ1v) is 12.1. The van der Waals surface area contributed by atoms with Crippen LogP contribution in [0.15, 0.2) is 17.5 Å². The fraction of sp³-hybridized carbons (Fsp3) is 0.696. The lowest BCUT2D eigenvalue weighted by molar-refractivity contribution is -0.138. The molecule has 0 radical (unpaired) electrons. The third-order valence-corrected chi connectivity index (χ3v) is 10.0. The lowest BCUT2D eigenvalue weighted by Crippen LogP contribution is -2.59. The Balaban J connectivity index is 1.42. The second kappa shape index (κ2) is 6.81. The average Bonchev–Trinajstić information content (AvgIpc) is 3.28. The molecule has 30 heavy (non-hydrogen) atoms. The van der Waals surface area contributed by atoms with E-state index in [1.165, 1.54) is 43.4 Å². The molecule has 1 aliphatic heterocycles. The van der Waals surface area contributed by atoms with Crippen LogP contribution < -0.4 is 11.1 Å². The van der Waals surface area contributed by atoms with E-state index < -0.39 is 6.03 Å². The van der Waals surface area contributed by atoms with E-state index in [1.807, 2.05) is 18.0 Å². The predicted molar refractivity (Wildman–Crippen MR) is 118 cm³/mol. The third-order valence-electron chi connectivity index (χ3n) is 9.24. The normalized spacial score (nSPS) is 42.4. The molecular weight excluding hydrogens is 396 g/mol. The molecule has 3 saturated carbocycles. The summed E-state index contributed by atoms with van der Waals surface area (Å²) >= 11 is 1.47. The number of primary amides is 1. The molecule has 3 fully saturated rings. The Bertz CT molecular complexity index is 913. The van der Waals surface area contributed by atoms with Crippen molar-refractivity contribution in [1.29, 1.82) is 0 Å². The van der Waals surface area contributed by atoms with Crippen molar-refractivity contribution < 1.29 is 9.59 Å². The van der Waals surface area contributed by atoms with Crippen molar-refractivity contribution >= 4 is 28.4 Å². The van der Waals surface area contributed by atoms with E-state index in [4.69, 9.17) is 10.7 Å². The van der Waals surface area contributed by atoms with Gasteiger partial charge in [0.1, 0.15) is 0 Å². The summed E-state index contributed by atoms with van der Waals surface area (Å²) in [6.45, 7) is 4.87. The van der Waals surface area contributed by atoms with Gasteiger partial charge in [-0.25, -0.2) is 9.78 Å². The van der Waals surface area contributed by atoms with E-state index in [1.54, 1.807) is 0 Å². The van der Waals surface area contributed by atoms with Gasteiger partial charge in [-0.3, -0.25) is 10.1 Å². The Hall–Kier alpha value is -1.89. The van der Waals surface area contributed by atoms with E-state index in [2.05, 4.69) is 30.6 Å². The number of nitrogens with two attached hydrogens (primary N) is 1. The molecule has 4 aliphatic rings. The van der Waals surface area contributed by atoms with Gasteiger partial charge in [-0.15, -0.1) is 11.3 Å². The van der Waals surface area contributed by atoms with E-state index in [0.29, 0.717) is 34.8 Å². The number of fused-ring (bicyclic) bond motifs is 5. The van der Waals surface area contributed by atoms with Crippen molar-refractivity contribution in [2.75, 3.05) is 12.4 Å². The van der Waals surface area contributed by atoms with Crippen LogP contribution in [0.1, 0.15) is 64.0 Å². The topological polar surface area (TPSA) is 88.3 Å². The molecule has 2 unspecified atom stereocenters. The number of amides is 3. The van der Waals surface area contributed by atoms with Crippen LogP contribution in [0.3, 0.4) is 0 Å². The number of carbonyl (C=O) groups is 2. The van der Waals surface area contributed by atoms with Crippen molar-refractivity contribution in [1.82, 2.24) is 9.88 Å². The summed E-state index contributed by atoms with van der Waals surface area (Å²) in [5.74, 6) is 2.65. The van der Waals surface area contributed by atoms with Crippen LogP contribution >= 0.6 is 11.3 Å². The molecule has 1 aromatic rings. The Kier molecular flexibility index (Phi) is 4.55. The highest BCUT2D eigenvalue weighted by Crippen LogP contribution is 2.67. The second-order valence-corrected chi connectivity index (χ2v) is 11.2. The number of aromatic nitrogens is 1. The number of urea groups is 1. The van der Waals surface area contributed by atoms with Crippen LogP contribution in [-0.2, 0) is 4.79 Å². The third kappa shape index (κ3) is 2.77. The van der Waals surface area contributed by atoms with Gasteiger partial charge in [0.2, 0.25) is 5.91 Å². The molecule has 3 amide bonds. The van der Waals surface area contributed by atoms with Crippen molar-refractivity contribution in [2.45, 2.75) is 64.3 Å². The van der Waals surface area contributed by atoms with Crippen LogP contribution in [0.25, 0.3) is 0 Å². The highest BCUT2D eigenvalue weighted by molar-refractivity contribution is 7.13. The van der Waals surface area contributed by atoms with Crippen LogP contribution in [-0.4, -0.2) is 34.9 Å². The lowest BCUT2D eigenvalue weighted by atomic mass is 9.47. The van der Waals surface area contributed by atoms with E-state index >= 15 is 0 Å². The molecule has 0 spiro atoms. The number of rotatable bonds is 2. The maximum absolute atomic E-state index is 12.3. The quantitative estimate of drug-likeness (QED) is 0.734. The minimum absolute atomic E-state index is 0.0875. The lowest BCUT2D eigenvalue weighted by Gasteiger charge is -2.60. The summed E-state index contributed by atoms with van der Waals surface area (Å²) in [6.07, 6.45) is 11.2. The molecule has 0 saturated heterocycles. The van der Waals surface area contributed by atoms with Crippen LogP contribution in [0.2, 0.25) is 0 Å². The largest absolute Gasteiger partial charge is 0.351 e. The Labute approximate surface area is 182 Å². The zero-order valence-corrected chi connectivity index (χ0v) is 18.9. The first-order valence-electron chi connectivity index (χ1n) is 11.2. The minimum Gasteiger partial charge on any atom is -0.351 e. The summed E-state index contributed by atoms with van der Waals surface area (Å²) in [7, 11) is 1.98. The number of nitrogens with zero attached hydrogens (tertiary/aromatic N) is 2. The fourth-order valence-corrected chi connectivity index (χ4v) is 8.60. The smallest absolute Gasteiger partial charge is 0.318 e. The van der Waals surface area contributed by atoms with Crippen molar-refractivity contribution in [3.8, 4) is 0 Å². The molecule has 7 heteroatoms. The summed E-state index contributed by atoms with van der Waals surface area (Å²) in [6, 6.07) is -0.223. The molecule has 0 aromatic carbocycles. The number of anilines is 1. The number of hydrogen-bond acceptors (Lipinski definition) is 4. The highest BCUT2D eigenvalue weighted by atomic mass is 32.1. The van der Waals surface area contributed by atoms with Crippen LogP contribution in [0.5, 0.6) is 0 Å². The zero-order chi connectivity index (χ0) is 21.3. The second-order valence-electron chi connectivity index (χ2n) is 10.4. The predicted octanol–water partition coefficient (Wildman–Crippen LogP) is 4.36. The van der Waals surface area contributed by atoms with Gasteiger partial charge in [-0.1, -0.05) is 19.9 Å². The maximum Gasteiger partial charge on any atom is 0.318 e. The molecule has 3 N–H and O–H groups in total. The summed E-state index contributed by atoms with van der Waals surface area (Å²) in [5.41, 5.74) is 6.72. The van der Waals surface area contributed by atoms with Gasteiger partial charge in [-0.2, -0.15) is 0 Å². The van der Waals surface area contributed by atoms with Crippen molar-refractivity contribution in [3.05, 3.63) is 23.2 Å². The van der Waals surface area contributed by atoms with E-state index in [9.17, 15) is 9.59 Å². The Morgan fingerprint density at radius 1 is 1.23 bits per heavy atom. The molecular formula is C23H32N4O2S. The Morgan fingerprint density at radius 2 is 2.03 bits per heavy atom. The molecule has 7 atom stereocenters. The summed E-state index contributed by atoms with van der Waals surface area (Å²) < 4.78 is 0. The van der Waals surface area contributed by atoms with E-state index in [0.717, 1.165) is 12.1 Å². The van der Waals surface area contributed by atoms with Gasteiger partial charge < -0.3 is 10.6 Å². The molecule has 3 aliphatic carbocycles. The molecule has 5 rings (SSSR count). The van der Waals surface area contributed by atoms with Crippen LogP contribution in [0.4, 0.5) is 9.93 Å². The number of thiazole rings is 1. The first-order chi connectivity index (χ1) is 14.2. The average molecular weight is 429 g/mol. The monoisotopic (exact) mass is 428 g/mol. The van der Waals surface area contributed by atoms with Gasteiger partial charge in [0.15, 0.2) is 5.13 Å². The fourth-order valence-electron chi connectivity index (χ4n) is 7.83. The molecule has 1 aromatic heterocycles. The SMILES string of the molecule is CN1C(=O)C=C[C@@]2(C)C1CC[C@@H]1[C@@H]2CC[C@]2(C)C(c3csc(NC(N)=O)n3)CC[C@@H]12. The summed E-state index contributed by atoms with van der Waals surface area (Å²) in [5, 5.41) is 5.34. The van der Waals surface area contributed by atoms with Gasteiger partial charge >= 0.3 is 6.03 Å². The maximum atomic E-state index is 12.3. The highest BCUT2D eigenvalue weighted by Gasteiger charge is 2.60. The van der Waals surface area contributed by atoms with Gasteiger partial charge in [0.25, 0.3) is 0 Å². The van der Waals surface area contributed by atoms with Crippen molar-refractivity contribution in [3.63, 3.8) is 0 Å². The van der Waals surface area contributed by atoms with Crippen LogP contribution in [0, 0.1) is 28.6 Å². The minimum atomic E-state index is -0.555. The molecule has 6 nitrogen and oxygen atoms in total. The summed E-state index contributed by atoms with van der Waals surface area (Å²) in [4.78, 5) is 30.1. The number of carbonyl (C=O) groups excluding carboxylic acids is 2. The number of likely N-dealkylation sites (N-methyl/N-ethyl adjacent to an activating group) is 1. The number of hydrogen-bond donors (Lipinski definition) is 2. The molecule has 0 bridgehead atoms. The zero-order valence-electron chi connectivity index (χ0n) is 18.1. The Morgan fingerprint density at radius 3 is 2.80 bits per heavy atom. The molecule has 2 heterocycles. The number of nitrogens with one attached hydrogen (secondary N) is 1.